The van der Waals surface area contributed by atoms with E-state index in [2.05, 4.69) is 15.1 Å². The molecule has 0 spiro atoms. The van der Waals surface area contributed by atoms with Gasteiger partial charge >= 0.3 is 11.4 Å². The maximum atomic E-state index is 11.1. The molecular formula is C20H15ClN4O3. The van der Waals surface area contributed by atoms with E-state index >= 15 is 0 Å². The van der Waals surface area contributed by atoms with Gasteiger partial charge < -0.3 is 9.47 Å². The molecule has 4 aromatic rings. The molecule has 0 N–H and O–H groups in total. The van der Waals surface area contributed by atoms with Gasteiger partial charge in [0.15, 0.2) is 0 Å². The lowest BCUT2D eigenvalue weighted by Gasteiger charge is -2.09. The van der Waals surface area contributed by atoms with E-state index in [1.54, 1.807) is 22.9 Å². The number of hydrogen-bond donors (Lipinski definition) is 0. The number of aryl methyl sites for hydroxylation is 1. The molecule has 0 aliphatic carbocycles. The summed E-state index contributed by atoms with van der Waals surface area (Å²) < 4.78 is 12.0. The smallest absolute Gasteiger partial charge is 0.409 e. The highest BCUT2D eigenvalue weighted by Gasteiger charge is 2.19. The van der Waals surface area contributed by atoms with Crippen LogP contribution < -0.4 is 9.47 Å². The number of fused-ring (bicyclic) bond motifs is 1. The van der Waals surface area contributed by atoms with Crippen molar-refractivity contribution in [1.29, 1.82) is 0 Å². The van der Waals surface area contributed by atoms with E-state index in [-0.39, 0.29) is 6.01 Å². The fourth-order valence-electron chi connectivity index (χ4n) is 3.01. The third kappa shape index (κ3) is 3.39. The van der Waals surface area contributed by atoms with Gasteiger partial charge in [-0.05, 0) is 18.2 Å². The quantitative estimate of drug-likeness (QED) is 0.476. The molecule has 2 heterocycles. The molecule has 0 unspecified atom stereocenters. The summed E-state index contributed by atoms with van der Waals surface area (Å²) in [5.74, 6) is 0.299. The Balaban J connectivity index is 1.99. The first-order chi connectivity index (χ1) is 13.5. The van der Waals surface area contributed by atoms with E-state index < -0.39 is 5.43 Å². The Hall–Kier alpha value is -3.45. The summed E-state index contributed by atoms with van der Waals surface area (Å²) in [6, 6.07) is 15.0. The number of nitrogens with zero attached hydrogens (tertiary/aromatic N) is 4. The van der Waals surface area contributed by atoms with Crippen LogP contribution in [0.4, 0.5) is 4.79 Å². The summed E-state index contributed by atoms with van der Waals surface area (Å²) >= 11 is 5.35. The van der Waals surface area contributed by atoms with Crippen LogP contribution in [0.5, 0.6) is 11.8 Å². The summed E-state index contributed by atoms with van der Waals surface area (Å²) in [7, 11) is 3.35. The first kappa shape index (κ1) is 17.9. The maximum absolute atomic E-state index is 11.1. The minimum Gasteiger partial charge on any atom is -0.467 e. The van der Waals surface area contributed by atoms with E-state index in [0.29, 0.717) is 22.3 Å². The van der Waals surface area contributed by atoms with Crippen molar-refractivity contribution < 1.29 is 14.3 Å². The Bertz CT molecular complexity index is 1180. The highest BCUT2D eigenvalue weighted by Crippen LogP contribution is 2.36. The van der Waals surface area contributed by atoms with Crippen LogP contribution in [0.25, 0.3) is 33.4 Å². The van der Waals surface area contributed by atoms with Crippen molar-refractivity contribution in [2.45, 2.75) is 0 Å². The lowest BCUT2D eigenvalue weighted by molar-refractivity contribution is 0.225. The predicted molar refractivity (Wildman–Crippen MR) is 106 cm³/mol. The molecule has 7 nitrogen and oxygen atoms in total. The molecule has 8 heteroatoms. The van der Waals surface area contributed by atoms with Crippen molar-refractivity contribution in [1.82, 2.24) is 19.7 Å². The number of hydrogen-bond acceptors (Lipinski definition) is 6. The molecule has 0 amide bonds. The minimum absolute atomic E-state index is 0.229. The molecule has 0 atom stereocenters. The van der Waals surface area contributed by atoms with Gasteiger partial charge in [0.2, 0.25) is 0 Å². The van der Waals surface area contributed by atoms with Crippen molar-refractivity contribution in [3.8, 4) is 34.3 Å². The SMILES string of the molecule is COc1nc(-c2cn(C)nc2-c2ccccc2)c2cc(OC(=O)Cl)ccc2n1. The van der Waals surface area contributed by atoms with Gasteiger partial charge in [-0.25, -0.2) is 4.79 Å². The minimum atomic E-state index is -0.915. The first-order valence-corrected chi connectivity index (χ1v) is 8.75. The van der Waals surface area contributed by atoms with Crippen molar-refractivity contribution in [2.75, 3.05) is 7.11 Å². The van der Waals surface area contributed by atoms with E-state index in [4.69, 9.17) is 21.1 Å². The van der Waals surface area contributed by atoms with Crippen LogP contribution in [0.15, 0.2) is 54.7 Å². The number of carbonyl (C=O) groups is 1. The zero-order valence-electron chi connectivity index (χ0n) is 15.1. The molecule has 4 rings (SSSR count). The largest absolute Gasteiger partial charge is 0.467 e. The third-order valence-corrected chi connectivity index (χ3v) is 4.24. The molecule has 2 aromatic carbocycles. The normalized spacial score (nSPS) is 10.8. The van der Waals surface area contributed by atoms with Gasteiger partial charge in [0.05, 0.1) is 18.3 Å². The second kappa shape index (κ2) is 7.28. The van der Waals surface area contributed by atoms with Crippen LogP contribution in [0.1, 0.15) is 0 Å². The van der Waals surface area contributed by atoms with Crippen molar-refractivity contribution >= 4 is 27.9 Å². The van der Waals surface area contributed by atoms with Crippen LogP contribution in [0, 0.1) is 0 Å². The van der Waals surface area contributed by atoms with Gasteiger partial charge in [-0.15, -0.1) is 0 Å². The second-order valence-electron chi connectivity index (χ2n) is 6.01. The molecule has 0 aliphatic heterocycles. The Morgan fingerprint density at radius 3 is 2.57 bits per heavy atom. The van der Waals surface area contributed by atoms with E-state index in [9.17, 15) is 4.79 Å². The number of halogens is 1. The van der Waals surface area contributed by atoms with Crippen LogP contribution >= 0.6 is 11.6 Å². The number of aromatic nitrogens is 4. The number of rotatable bonds is 4. The standard InChI is InChI=1S/C20H15ClN4O3/c1-25-11-15(17(24-25)12-6-4-3-5-7-12)18-14-10-13(28-19(21)26)8-9-16(14)22-20(23-18)27-2/h3-11H,1-2H3. The monoisotopic (exact) mass is 394 g/mol. The van der Waals surface area contributed by atoms with Gasteiger partial charge in [-0.1, -0.05) is 30.3 Å². The highest BCUT2D eigenvalue weighted by molar-refractivity contribution is 6.61. The molecule has 0 aliphatic rings. The van der Waals surface area contributed by atoms with Crippen LogP contribution in [-0.4, -0.2) is 32.3 Å². The molecule has 140 valence electrons. The predicted octanol–water partition coefficient (Wildman–Crippen LogP) is 4.44. The molecular weight excluding hydrogens is 380 g/mol. The summed E-state index contributed by atoms with van der Waals surface area (Å²) in [4.78, 5) is 20.1. The molecule has 0 saturated carbocycles. The number of carbonyl (C=O) groups excluding carboxylic acids is 1. The van der Waals surface area contributed by atoms with Gasteiger partial charge in [0, 0.05) is 41.4 Å². The number of ether oxygens (including phenoxy) is 2. The van der Waals surface area contributed by atoms with Crippen molar-refractivity contribution in [3.05, 3.63) is 54.7 Å². The second-order valence-corrected chi connectivity index (χ2v) is 6.32. The van der Waals surface area contributed by atoms with E-state index in [1.165, 1.54) is 7.11 Å². The highest BCUT2D eigenvalue weighted by atomic mass is 35.5. The number of methoxy groups -OCH3 is 1. The number of benzene rings is 2. The Morgan fingerprint density at radius 2 is 1.86 bits per heavy atom. The summed E-state index contributed by atoms with van der Waals surface area (Å²) in [6.45, 7) is 0. The maximum Gasteiger partial charge on any atom is 0.409 e. The third-order valence-electron chi connectivity index (χ3n) is 4.16. The zero-order valence-corrected chi connectivity index (χ0v) is 15.8. The fourth-order valence-corrected chi connectivity index (χ4v) is 3.10. The fraction of sp³-hybridized carbons (Fsp3) is 0.100. The molecule has 2 aromatic heterocycles. The Labute approximate surface area is 165 Å². The topological polar surface area (TPSA) is 79.1 Å². The van der Waals surface area contributed by atoms with E-state index in [0.717, 1.165) is 16.8 Å². The van der Waals surface area contributed by atoms with Gasteiger partial charge in [-0.3, -0.25) is 4.68 Å². The van der Waals surface area contributed by atoms with Crippen LogP contribution in [0.2, 0.25) is 0 Å². The van der Waals surface area contributed by atoms with Crippen LogP contribution in [-0.2, 0) is 7.05 Å². The zero-order chi connectivity index (χ0) is 19.7. The summed E-state index contributed by atoms with van der Waals surface area (Å²) in [5, 5.41) is 5.28. The van der Waals surface area contributed by atoms with Crippen molar-refractivity contribution in [2.24, 2.45) is 7.05 Å². The first-order valence-electron chi connectivity index (χ1n) is 8.37. The van der Waals surface area contributed by atoms with Gasteiger partial charge in [-0.2, -0.15) is 15.1 Å². The molecule has 0 radical (unpaired) electrons. The summed E-state index contributed by atoms with van der Waals surface area (Å²) in [6.07, 6.45) is 1.88. The van der Waals surface area contributed by atoms with E-state index in [1.807, 2.05) is 43.6 Å². The summed E-state index contributed by atoms with van der Waals surface area (Å²) in [5.41, 5.74) is 2.85. The average molecular weight is 395 g/mol. The Kier molecular flexibility index (Phi) is 4.67. The van der Waals surface area contributed by atoms with Crippen LogP contribution in [0.3, 0.4) is 0 Å². The van der Waals surface area contributed by atoms with Gasteiger partial charge in [0.25, 0.3) is 0 Å². The molecule has 0 saturated heterocycles. The molecule has 28 heavy (non-hydrogen) atoms. The lowest BCUT2D eigenvalue weighted by atomic mass is 10.0. The molecule has 0 fully saturated rings. The van der Waals surface area contributed by atoms with Gasteiger partial charge in [0.1, 0.15) is 11.4 Å². The average Bonchev–Trinajstić information content (AvgIpc) is 3.09. The lowest BCUT2D eigenvalue weighted by Crippen LogP contribution is -1.99. The Morgan fingerprint density at radius 1 is 1.07 bits per heavy atom. The van der Waals surface area contributed by atoms with Crippen molar-refractivity contribution in [3.63, 3.8) is 0 Å². The molecule has 0 bridgehead atoms.